The van der Waals surface area contributed by atoms with Crippen LogP contribution in [0.2, 0.25) is 0 Å². The van der Waals surface area contributed by atoms with Crippen LogP contribution in [0.4, 0.5) is 0 Å². The Labute approximate surface area is 137 Å². The van der Waals surface area contributed by atoms with Gasteiger partial charge in [-0.05, 0) is 36.6 Å². The van der Waals surface area contributed by atoms with Crippen LogP contribution in [-0.4, -0.2) is 23.9 Å². The van der Waals surface area contributed by atoms with Gasteiger partial charge < -0.3 is 4.90 Å². The average molecular weight is 304 g/mol. The maximum Gasteiger partial charge on any atom is 0.254 e. The summed E-state index contributed by atoms with van der Waals surface area (Å²) in [4.78, 5) is 14.7. The number of hydrogen-bond acceptors (Lipinski definition) is 2. The van der Waals surface area contributed by atoms with Gasteiger partial charge >= 0.3 is 0 Å². The van der Waals surface area contributed by atoms with E-state index in [1.165, 1.54) is 0 Å². The molecular formula is C20H20N2O. The van der Waals surface area contributed by atoms with Gasteiger partial charge in [0.1, 0.15) is 0 Å². The van der Waals surface area contributed by atoms with Crippen molar-refractivity contribution in [2.75, 3.05) is 13.1 Å². The molecule has 1 aliphatic rings. The molecule has 1 amide bonds. The molecule has 1 aliphatic heterocycles. The number of carbonyl (C=O) groups excluding carboxylic acids is 1. The number of benzene rings is 2. The Morgan fingerprint density at radius 2 is 1.83 bits per heavy atom. The van der Waals surface area contributed by atoms with E-state index in [0.717, 1.165) is 22.3 Å². The summed E-state index contributed by atoms with van der Waals surface area (Å²) >= 11 is 0. The fourth-order valence-electron chi connectivity index (χ4n) is 3.29. The summed E-state index contributed by atoms with van der Waals surface area (Å²) in [6.45, 7) is 5.10. The van der Waals surface area contributed by atoms with Gasteiger partial charge in [-0.25, -0.2) is 0 Å². The zero-order valence-corrected chi connectivity index (χ0v) is 13.5. The molecule has 0 spiro atoms. The summed E-state index contributed by atoms with van der Waals surface area (Å²) < 4.78 is 0. The van der Waals surface area contributed by atoms with Crippen LogP contribution in [-0.2, 0) is 0 Å². The number of amides is 1. The molecule has 1 fully saturated rings. The number of carbonyl (C=O) groups is 1. The van der Waals surface area contributed by atoms with E-state index < -0.39 is 0 Å². The second-order valence-corrected chi connectivity index (χ2v) is 6.21. The standard InChI is InChI=1S/C20H20N2O/c1-14-7-6-10-18(15(14)2)20(23)22-12-17(11-21)19(13-22)16-8-4-3-5-9-16/h3-10,17,19H,12-13H2,1-2H3/t17-,19+/m1/s1. The maximum absolute atomic E-state index is 12.9. The molecular weight excluding hydrogens is 284 g/mol. The van der Waals surface area contributed by atoms with E-state index in [1.807, 2.05) is 67.3 Å². The zero-order chi connectivity index (χ0) is 16.4. The first kappa shape index (κ1) is 15.3. The third kappa shape index (κ3) is 2.85. The Balaban J connectivity index is 1.87. The fraction of sp³-hybridized carbons (Fsp3) is 0.300. The lowest BCUT2D eigenvalue weighted by molar-refractivity contribution is 0.0787. The lowest BCUT2D eigenvalue weighted by Crippen LogP contribution is -2.29. The van der Waals surface area contributed by atoms with E-state index in [0.29, 0.717) is 13.1 Å². The maximum atomic E-state index is 12.9. The van der Waals surface area contributed by atoms with Crippen LogP contribution in [0.3, 0.4) is 0 Å². The fourth-order valence-corrected chi connectivity index (χ4v) is 3.29. The number of likely N-dealkylation sites (tertiary alicyclic amines) is 1. The quantitative estimate of drug-likeness (QED) is 0.849. The van der Waals surface area contributed by atoms with Crippen molar-refractivity contribution < 1.29 is 4.79 Å². The normalized spacial score (nSPS) is 20.3. The molecule has 3 rings (SSSR count). The molecule has 2 atom stereocenters. The van der Waals surface area contributed by atoms with E-state index in [1.54, 1.807) is 0 Å². The van der Waals surface area contributed by atoms with Crippen molar-refractivity contribution in [3.63, 3.8) is 0 Å². The van der Waals surface area contributed by atoms with Crippen LogP contribution in [0.25, 0.3) is 0 Å². The number of rotatable bonds is 2. The molecule has 23 heavy (non-hydrogen) atoms. The Kier molecular flexibility index (Phi) is 4.16. The highest BCUT2D eigenvalue weighted by Crippen LogP contribution is 2.33. The first-order valence-electron chi connectivity index (χ1n) is 7.92. The monoisotopic (exact) mass is 304 g/mol. The largest absolute Gasteiger partial charge is 0.337 e. The molecule has 0 radical (unpaired) electrons. The summed E-state index contributed by atoms with van der Waals surface area (Å²) in [7, 11) is 0. The molecule has 0 unspecified atom stereocenters. The van der Waals surface area contributed by atoms with Crippen LogP contribution in [0, 0.1) is 31.1 Å². The molecule has 0 N–H and O–H groups in total. The van der Waals surface area contributed by atoms with Crippen molar-refractivity contribution in [1.82, 2.24) is 4.90 Å². The Bertz CT molecular complexity index is 761. The van der Waals surface area contributed by atoms with Crippen LogP contribution >= 0.6 is 0 Å². The highest BCUT2D eigenvalue weighted by atomic mass is 16.2. The van der Waals surface area contributed by atoms with Gasteiger partial charge in [0.05, 0.1) is 12.0 Å². The molecule has 2 aromatic rings. The number of hydrogen-bond donors (Lipinski definition) is 0. The van der Waals surface area contributed by atoms with Gasteiger partial charge in [0.2, 0.25) is 0 Å². The molecule has 0 saturated carbocycles. The summed E-state index contributed by atoms with van der Waals surface area (Å²) in [5, 5.41) is 9.48. The SMILES string of the molecule is Cc1cccc(C(=O)N2C[C@@H](C#N)[C@H](c3ccccc3)C2)c1C. The van der Waals surface area contributed by atoms with Crippen LogP contribution in [0.1, 0.15) is 33.0 Å². The first-order valence-corrected chi connectivity index (χ1v) is 7.92. The number of nitrogens with zero attached hydrogens (tertiary/aromatic N) is 2. The van der Waals surface area contributed by atoms with Crippen molar-refractivity contribution in [2.24, 2.45) is 5.92 Å². The van der Waals surface area contributed by atoms with Gasteiger partial charge in [-0.3, -0.25) is 4.79 Å². The summed E-state index contributed by atoms with van der Waals surface area (Å²) in [6.07, 6.45) is 0. The van der Waals surface area contributed by atoms with E-state index in [-0.39, 0.29) is 17.7 Å². The van der Waals surface area contributed by atoms with Gasteiger partial charge in [0.15, 0.2) is 0 Å². The molecule has 0 bridgehead atoms. The van der Waals surface area contributed by atoms with Crippen molar-refractivity contribution in [1.29, 1.82) is 5.26 Å². The van der Waals surface area contributed by atoms with Crippen molar-refractivity contribution in [2.45, 2.75) is 19.8 Å². The summed E-state index contributed by atoms with van der Waals surface area (Å²) in [6, 6.07) is 18.2. The molecule has 0 aliphatic carbocycles. The second kappa shape index (κ2) is 6.26. The van der Waals surface area contributed by atoms with Gasteiger partial charge in [-0.1, -0.05) is 42.5 Å². The lowest BCUT2D eigenvalue weighted by atomic mass is 9.90. The summed E-state index contributed by atoms with van der Waals surface area (Å²) in [5.74, 6) is -0.0217. The molecule has 116 valence electrons. The van der Waals surface area contributed by atoms with Crippen molar-refractivity contribution in [3.05, 3.63) is 70.8 Å². The lowest BCUT2D eigenvalue weighted by Gasteiger charge is -2.18. The molecule has 3 heteroatoms. The van der Waals surface area contributed by atoms with Crippen LogP contribution in [0.15, 0.2) is 48.5 Å². The smallest absolute Gasteiger partial charge is 0.254 e. The van der Waals surface area contributed by atoms with Crippen molar-refractivity contribution in [3.8, 4) is 6.07 Å². The molecule has 1 heterocycles. The predicted molar refractivity (Wildman–Crippen MR) is 90.1 cm³/mol. The van der Waals surface area contributed by atoms with E-state index in [4.69, 9.17) is 0 Å². The highest BCUT2D eigenvalue weighted by molar-refractivity contribution is 5.96. The predicted octanol–water partition coefficient (Wildman–Crippen LogP) is 3.68. The Morgan fingerprint density at radius 1 is 1.09 bits per heavy atom. The van der Waals surface area contributed by atoms with Crippen LogP contribution in [0.5, 0.6) is 0 Å². The minimum atomic E-state index is -0.147. The van der Waals surface area contributed by atoms with Crippen molar-refractivity contribution >= 4 is 5.91 Å². The number of aryl methyl sites for hydroxylation is 1. The van der Waals surface area contributed by atoms with Gasteiger partial charge in [0.25, 0.3) is 5.91 Å². The molecule has 0 aromatic heterocycles. The number of nitriles is 1. The Hall–Kier alpha value is -2.60. The minimum Gasteiger partial charge on any atom is -0.337 e. The summed E-state index contributed by atoms with van der Waals surface area (Å²) in [5.41, 5.74) is 4.02. The molecule has 2 aromatic carbocycles. The molecule has 3 nitrogen and oxygen atoms in total. The first-order chi connectivity index (χ1) is 11.1. The average Bonchev–Trinajstić information content (AvgIpc) is 3.02. The Morgan fingerprint density at radius 3 is 2.52 bits per heavy atom. The topological polar surface area (TPSA) is 44.1 Å². The van der Waals surface area contributed by atoms with Gasteiger partial charge in [-0.2, -0.15) is 5.26 Å². The molecule has 1 saturated heterocycles. The van der Waals surface area contributed by atoms with E-state index in [2.05, 4.69) is 6.07 Å². The highest BCUT2D eigenvalue weighted by Gasteiger charge is 2.36. The third-order valence-electron chi connectivity index (χ3n) is 4.84. The third-order valence-corrected chi connectivity index (χ3v) is 4.84. The van der Waals surface area contributed by atoms with Crippen LogP contribution < -0.4 is 0 Å². The second-order valence-electron chi connectivity index (χ2n) is 6.21. The van der Waals surface area contributed by atoms with E-state index >= 15 is 0 Å². The minimum absolute atomic E-state index is 0.0323. The van der Waals surface area contributed by atoms with Gasteiger partial charge in [0, 0.05) is 24.6 Å². The zero-order valence-electron chi connectivity index (χ0n) is 13.5. The van der Waals surface area contributed by atoms with E-state index in [9.17, 15) is 10.1 Å². The van der Waals surface area contributed by atoms with Gasteiger partial charge in [-0.15, -0.1) is 0 Å².